The first-order valence-corrected chi connectivity index (χ1v) is 22.0. The summed E-state index contributed by atoms with van der Waals surface area (Å²) in [5.41, 5.74) is 16.2. The van der Waals surface area contributed by atoms with E-state index < -0.39 is 0 Å². The van der Waals surface area contributed by atoms with Crippen LogP contribution in [0.4, 0.5) is 17.1 Å². The van der Waals surface area contributed by atoms with E-state index in [2.05, 4.69) is 264 Å². The van der Waals surface area contributed by atoms with Crippen LogP contribution in [0, 0.1) is 0 Å². The Bertz CT molecular complexity index is 3650. The van der Waals surface area contributed by atoms with Crippen LogP contribution in [0.3, 0.4) is 0 Å². The quantitative estimate of drug-likeness (QED) is 0.148. The van der Waals surface area contributed by atoms with Crippen molar-refractivity contribution in [3.63, 3.8) is 0 Å². The third-order valence-corrected chi connectivity index (χ3v) is 12.8. The highest BCUT2D eigenvalue weighted by atomic mass is 15.1. The van der Waals surface area contributed by atoms with E-state index in [9.17, 15) is 0 Å². The van der Waals surface area contributed by atoms with Gasteiger partial charge >= 0.3 is 0 Å². The van der Waals surface area contributed by atoms with Crippen LogP contribution in [0.15, 0.2) is 255 Å². The third-order valence-electron chi connectivity index (χ3n) is 12.8. The normalized spacial score (nSPS) is 11.4. The average Bonchev–Trinajstić information content (AvgIpc) is 3.72. The molecule has 0 bridgehead atoms. The summed E-state index contributed by atoms with van der Waals surface area (Å²) in [6, 6.07) is 92.7. The molecule has 0 atom stereocenters. The predicted molar refractivity (Wildman–Crippen MR) is 272 cm³/mol. The largest absolute Gasteiger partial charge is 0.309 e. The van der Waals surface area contributed by atoms with Gasteiger partial charge in [-0.2, -0.15) is 0 Å². The monoisotopic (exact) mass is 814 g/mol. The maximum Gasteiger partial charge on any atom is 0.0619 e. The minimum atomic E-state index is 1.07. The summed E-state index contributed by atoms with van der Waals surface area (Å²) in [6.07, 6.45) is 0. The van der Waals surface area contributed by atoms with E-state index in [-0.39, 0.29) is 0 Å². The predicted octanol–water partition coefficient (Wildman–Crippen LogP) is 17.2. The van der Waals surface area contributed by atoms with Crippen LogP contribution in [-0.2, 0) is 0 Å². The van der Waals surface area contributed by atoms with E-state index in [0.717, 1.165) is 39.4 Å². The Morgan fingerprint density at radius 2 is 0.828 bits per heavy atom. The number of benzene rings is 11. The van der Waals surface area contributed by atoms with Gasteiger partial charge in [-0.05, 0) is 86.4 Å². The summed E-state index contributed by atoms with van der Waals surface area (Å²) in [6.45, 7) is 0. The minimum absolute atomic E-state index is 1.07. The number of fused-ring (bicyclic) bond motifs is 6. The average molecular weight is 815 g/mol. The molecule has 0 fully saturated rings. The highest BCUT2D eigenvalue weighted by molar-refractivity contribution is 6.19. The molecule has 1 heterocycles. The number of rotatable bonds is 8. The first-order chi connectivity index (χ1) is 31.8. The fraction of sp³-hybridized carbons (Fsp3) is 0. The van der Waals surface area contributed by atoms with Crippen molar-refractivity contribution in [1.82, 2.24) is 4.57 Å². The van der Waals surface area contributed by atoms with Crippen LogP contribution in [0.5, 0.6) is 0 Å². The molecule has 12 aromatic rings. The van der Waals surface area contributed by atoms with Gasteiger partial charge in [0.05, 0.1) is 28.1 Å². The smallest absolute Gasteiger partial charge is 0.0619 e. The maximum atomic E-state index is 2.48. The molecule has 12 rings (SSSR count). The molecule has 11 aromatic carbocycles. The highest BCUT2D eigenvalue weighted by Crippen LogP contribution is 2.47. The van der Waals surface area contributed by atoms with Crippen molar-refractivity contribution in [2.75, 3.05) is 4.90 Å². The van der Waals surface area contributed by atoms with Gasteiger partial charge in [-0.3, -0.25) is 0 Å². The summed E-state index contributed by atoms with van der Waals surface area (Å²) in [4.78, 5) is 2.46. The molecule has 2 heteroatoms. The number of hydrogen-bond acceptors (Lipinski definition) is 1. The van der Waals surface area contributed by atoms with Gasteiger partial charge in [-0.15, -0.1) is 0 Å². The number of nitrogens with zero attached hydrogens (tertiary/aromatic N) is 2. The Balaban J connectivity index is 1.07. The van der Waals surface area contributed by atoms with Crippen molar-refractivity contribution in [2.24, 2.45) is 0 Å². The van der Waals surface area contributed by atoms with Gasteiger partial charge in [0, 0.05) is 38.5 Å². The molecular formula is C62H42N2. The summed E-state index contributed by atoms with van der Waals surface area (Å²) in [7, 11) is 0. The van der Waals surface area contributed by atoms with Crippen LogP contribution in [0.2, 0.25) is 0 Å². The zero-order chi connectivity index (χ0) is 42.4. The van der Waals surface area contributed by atoms with Crippen molar-refractivity contribution >= 4 is 60.4 Å². The lowest BCUT2D eigenvalue weighted by molar-refractivity contribution is 1.19. The van der Waals surface area contributed by atoms with Gasteiger partial charge in [0.25, 0.3) is 0 Å². The second kappa shape index (κ2) is 15.8. The Labute approximate surface area is 373 Å². The van der Waals surface area contributed by atoms with Gasteiger partial charge in [-0.1, -0.05) is 212 Å². The molecule has 2 nitrogen and oxygen atoms in total. The molecule has 1 aromatic heterocycles. The van der Waals surface area contributed by atoms with Crippen molar-refractivity contribution in [3.05, 3.63) is 255 Å². The van der Waals surface area contributed by atoms with Crippen molar-refractivity contribution < 1.29 is 0 Å². The van der Waals surface area contributed by atoms with Crippen LogP contribution in [0.25, 0.3) is 93.5 Å². The number of hydrogen-bond donors (Lipinski definition) is 0. The Hall–Kier alpha value is -8.46. The Kier molecular flexibility index (Phi) is 9.20. The molecule has 64 heavy (non-hydrogen) atoms. The van der Waals surface area contributed by atoms with E-state index in [0.29, 0.717) is 0 Å². The molecule has 0 radical (unpaired) electrons. The lowest BCUT2D eigenvalue weighted by atomic mass is 9.94. The van der Waals surface area contributed by atoms with E-state index >= 15 is 0 Å². The molecule has 0 unspecified atom stereocenters. The molecular weight excluding hydrogens is 773 g/mol. The van der Waals surface area contributed by atoms with Gasteiger partial charge in [-0.25, -0.2) is 0 Å². The molecule has 0 spiro atoms. The first-order valence-electron chi connectivity index (χ1n) is 22.0. The summed E-state index contributed by atoms with van der Waals surface area (Å²) >= 11 is 0. The summed E-state index contributed by atoms with van der Waals surface area (Å²) in [5.74, 6) is 0. The molecule has 300 valence electrons. The molecule has 0 aliphatic carbocycles. The molecule has 0 saturated heterocycles. The van der Waals surface area contributed by atoms with Gasteiger partial charge in [0.15, 0.2) is 0 Å². The summed E-state index contributed by atoms with van der Waals surface area (Å²) < 4.78 is 2.48. The molecule has 0 aliphatic heterocycles. The Morgan fingerprint density at radius 1 is 0.281 bits per heavy atom. The van der Waals surface area contributed by atoms with E-state index in [1.165, 1.54) is 71.2 Å². The Morgan fingerprint density at radius 3 is 1.62 bits per heavy atom. The lowest BCUT2D eigenvalue weighted by Gasteiger charge is -2.30. The van der Waals surface area contributed by atoms with Gasteiger partial charge in [0.2, 0.25) is 0 Å². The number of aromatic nitrogens is 1. The van der Waals surface area contributed by atoms with Crippen LogP contribution in [0.1, 0.15) is 0 Å². The fourth-order valence-corrected chi connectivity index (χ4v) is 9.84. The first kappa shape index (κ1) is 37.3. The molecule has 0 saturated carbocycles. The molecule has 0 aliphatic rings. The lowest BCUT2D eigenvalue weighted by Crippen LogP contribution is -2.12. The topological polar surface area (TPSA) is 8.17 Å². The standard InChI is InChI=1S/C62H42N2/c1-3-18-43(19-4-1)48-37-41-61(57(42-48)45-20-5-2-6-21-45)63(59-32-15-12-28-54(59)53-30-17-24-44-22-7-9-25-50(44)53)49-38-34-47(35-39-49)51-26-11-14-31-58(51)64-60-33-16-13-29-55(60)56-40-36-46-23-8-10-27-52(46)62(56)64/h1-42H. The van der Waals surface area contributed by atoms with Crippen molar-refractivity contribution in [2.45, 2.75) is 0 Å². The van der Waals surface area contributed by atoms with E-state index in [1.54, 1.807) is 0 Å². The minimum Gasteiger partial charge on any atom is -0.309 e. The second-order valence-corrected chi connectivity index (χ2v) is 16.4. The van der Waals surface area contributed by atoms with E-state index in [1.807, 2.05) is 0 Å². The third kappa shape index (κ3) is 6.35. The SMILES string of the molecule is c1ccc(-c2ccc(N(c3ccc(-c4ccccc4-n4c5ccccc5c5ccc6ccccc6c54)cc3)c3ccccc3-c3cccc4ccccc34)c(-c3ccccc3)c2)cc1. The second-order valence-electron chi connectivity index (χ2n) is 16.4. The van der Waals surface area contributed by atoms with Crippen LogP contribution >= 0.6 is 0 Å². The molecule has 0 amide bonds. The van der Waals surface area contributed by atoms with Crippen LogP contribution in [-0.4, -0.2) is 4.57 Å². The zero-order valence-electron chi connectivity index (χ0n) is 35.1. The fourth-order valence-electron chi connectivity index (χ4n) is 9.84. The van der Waals surface area contributed by atoms with Gasteiger partial charge < -0.3 is 9.47 Å². The highest BCUT2D eigenvalue weighted by Gasteiger charge is 2.23. The number of para-hydroxylation sites is 3. The maximum absolute atomic E-state index is 2.48. The van der Waals surface area contributed by atoms with Gasteiger partial charge in [0.1, 0.15) is 0 Å². The molecule has 0 N–H and O–H groups in total. The van der Waals surface area contributed by atoms with Crippen molar-refractivity contribution in [1.29, 1.82) is 0 Å². The van der Waals surface area contributed by atoms with E-state index in [4.69, 9.17) is 0 Å². The zero-order valence-corrected chi connectivity index (χ0v) is 35.1. The van der Waals surface area contributed by atoms with Crippen molar-refractivity contribution in [3.8, 4) is 50.2 Å². The number of anilines is 3. The van der Waals surface area contributed by atoms with Crippen LogP contribution < -0.4 is 4.90 Å². The summed E-state index contributed by atoms with van der Waals surface area (Å²) in [5, 5.41) is 7.43.